The summed E-state index contributed by atoms with van der Waals surface area (Å²) in [5.41, 5.74) is 1.45. The van der Waals surface area contributed by atoms with E-state index in [4.69, 9.17) is 4.74 Å². The molecular weight excluding hydrogens is 441 g/mol. The van der Waals surface area contributed by atoms with Crippen LogP contribution in [0.3, 0.4) is 0 Å². The predicted octanol–water partition coefficient (Wildman–Crippen LogP) is 5.98. The SMILES string of the molecule is O=C(Cc1ccc(SCc2ccccc2C(=O)O)cc1)OCc1ccc(C(F)(F)F)cc1. The Balaban J connectivity index is 1.49. The third-order valence-corrected chi connectivity index (χ3v) is 5.66. The maximum atomic E-state index is 12.6. The smallest absolute Gasteiger partial charge is 0.416 e. The van der Waals surface area contributed by atoms with Crippen LogP contribution in [0.15, 0.2) is 77.7 Å². The Labute approximate surface area is 187 Å². The summed E-state index contributed by atoms with van der Waals surface area (Å²) >= 11 is 1.48. The second-order valence-electron chi connectivity index (χ2n) is 6.93. The molecule has 0 fully saturated rings. The van der Waals surface area contributed by atoms with Gasteiger partial charge in [-0.3, -0.25) is 4.79 Å². The molecule has 0 aromatic heterocycles. The molecule has 3 aromatic carbocycles. The van der Waals surface area contributed by atoms with Crippen LogP contribution >= 0.6 is 11.8 Å². The number of hydrogen-bond donors (Lipinski definition) is 1. The number of rotatable bonds is 8. The average Bonchev–Trinajstić information content (AvgIpc) is 2.77. The average molecular weight is 460 g/mol. The van der Waals surface area contributed by atoms with Gasteiger partial charge in [-0.15, -0.1) is 11.8 Å². The highest BCUT2D eigenvalue weighted by Crippen LogP contribution is 2.29. The number of esters is 1. The van der Waals surface area contributed by atoms with Crippen LogP contribution in [0.4, 0.5) is 13.2 Å². The number of thioether (sulfide) groups is 1. The van der Waals surface area contributed by atoms with Crippen LogP contribution in [0, 0.1) is 0 Å². The molecule has 0 atom stereocenters. The number of hydrogen-bond acceptors (Lipinski definition) is 4. The monoisotopic (exact) mass is 460 g/mol. The third-order valence-electron chi connectivity index (χ3n) is 4.60. The summed E-state index contributed by atoms with van der Waals surface area (Å²) in [5, 5.41) is 9.25. The summed E-state index contributed by atoms with van der Waals surface area (Å²) in [5.74, 6) is -0.955. The van der Waals surface area contributed by atoms with E-state index in [9.17, 15) is 27.9 Å². The number of ether oxygens (including phenoxy) is 1. The van der Waals surface area contributed by atoms with Crippen LogP contribution in [0.1, 0.15) is 32.6 Å². The van der Waals surface area contributed by atoms with Gasteiger partial charge in [0.15, 0.2) is 0 Å². The van der Waals surface area contributed by atoms with E-state index in [1.54, 1.807) is 36.4 Å². The van der Waals surface area contributed by atoms with Crippen LogP contribution in [-0.2, 0) is 34.5 Å². The van der Waals surface area contributed by atoms with Crippen molar-refractivity contribution in [2.24, 2.45) is 0 Å². The molecule has 0 spiro atoms. The van der Waals surface area contributed by atoms with E-state index in [2.05, 4.69) is 0 Å². The van der Waals surface area contributed by atoms with Crippen molar-refractivity contribution in [2.45, 2.75) is 29.9 Å². The number of halogens is 3. The highest BCUT2D eigenvalue weighted by Gasteiger charge is 2.29. The lowest BCUT2D eigenvalue weighted by atomic mass is 10.1. The van der Waals surface area contributed by atoms with Crippen LogP contribution < -0.4 is 0 Å². The molecule has 0 saturated heterocycles. The van der Waals surface area contributed by atoms with Crippen molar-refractivity contribution in [1.82, 2.24) is 0 Å². The number of carbonyl (C=O) groups excluding carboxylic acids is 1. The molecule has 8 heteroatoms. The van der Waals surface area contributed by atoms with E-state index in [0.717, 1.165) is 28.2 Å². The van der Waals surface area contributed by atoms with E-state index >= 15 is 0 Å². The maximum Gasteiger partial charge on any atom is 0.416 e. The molecule has 0 heterocycles. The molecule has 0 bridgehead atoms. The molecule has 32 heavy (non-hydrogen) atoms. The molecule has 0 amide bonds. The van der Waals surface area contributed by atoms with E-state index in [-0.39, 0.29) is 18.6 Å². The summed E-state index contributed by atoms with van der Waals surface area (Å²) in [6.45, 7) is -0.103. The maximum absolute atomic E-state index is 12.6. The molecule has 1 N–H and O–H groups in total. The molecule has 3 rings (SSSR count). The molecular formula is C24H19F3O4S. The zero-order chi connectivity index (χ0) is 23.1. The van der Waals surface area contributed by atoms with Crippen molar-refractivity contribution in [3.05, 3.63) is 101 Å². The summed E-state index contributed by atoms with van der Waals surface area (Å²) in [4.78, 5) is 24.2. The lowest BCUT2D eigenvalue weighted by molar-refractivity contribution is -0.144. The lowest BCUT2D eigenvalue weighted by Crippen LogP contribution is -2.08. The number of carbonyl (C=O) groups is 2. The Hall–Kier alpha value is -3.26. The molecule has 0 aliphatic heterocycles. The fourth-order valence-electron chi connectivity index (χ4n) is 2.89. The first-order valence-electron chi connectivity index (χ1n) is 9.57. The van der Waals surface area contributed by atoms with Gasteiger partial charge in [-0.1, -0.05) is 42.5 Å². The number of carboxylic acids is 1. The van der Waals surface area contributed by atoms with Gasteiger partial charge in [0.2, 0.25) is 0 Å². The topological polar surface area (TPSA) is 63.6 Å². The van der Waals surface area contributed by atoms with Crippen molar-refractivity contribution in [3.8, 4) is 0 Å². The normalized spacial score (nSPS) is 11.2. The second-order valence-corrected chi connectivity index (χ2v) is 7.98. The molecule has 0 radical (unpaired) electrons. The van der Waals surface area contributed by atoms with Gasteiger partial charge in [-0.2, -0.15) is 13.2 Å². The van der Waals surface area contributed by atoms with Crippen molar-refractivity contribution < 1.29 is 32.6 Å². The fourth-order valence-corrected chi connectivity index (χ4v) is 3.79. The first-order chi connectivity index (χ1) is 15.2. The number of benzene rings is 3. The van der Waals surface area contributed by atoms with Gasteiger partial charge < -0.3 is 9.84 Å². The summed E-state index contributed by atoms with van der Waals surface area (Å²) in [6, 6.07) is 18.5. The van der Waals surface area contributed by atoms with E-state index in [1.165, 1.54) is 23.9 Å². The van der Waals surface area contributed by atoms with Gasteiger partial charge >= 0.3 is 18.1 Å². The van der Waals surface area contributed by atoms with Gasteiger partial charge in [0, 0.05) is 10.6 Å². The molecule has 0 unspecified atom stereocenters. The number of aromatic carboxylic acids is 1. The Morgan fingerprint density at radius 2 is 1.50 bits per heavy atom. The third kappa shape index (κ3) is 6.62. The molecule has 3 aromatic rings. The zero-order valence-corrected chi connectivity index (χ0v) is 17.6. The first kappa shape index (κ1) is 23.4. The van der Waals surface area contributed by atoms with Crippen molar-refractivity contribution in [1.29, 1.82) is 0 Å². The molecule has 0 aliphatic rings. The van der Waals surface area contributed by atoms with Crippen LogP contribution in [-0.4, -0.2) is 17.0 Å². The van der Waals surface area contributed by atoms with E-state index in [1.807, 2.05) is 12.1 Å². The number of carboxylic acid groups (broad SMARTS) is 1. The summed E-state index contributed by atoms with van der Waals surface area (Å²) < 4.78 is 42.9. The first-order valence-corrected chi connectivity index (χ1v) is 10.6. The molecule has 4 nitrogen and oxygen atoms in total. The van der Waals surface area contributed by atoms with Gasteiger partial charge in [-0.05, 0) is 47.0 Å². The quantitative estimate of drug-likeness (QED) is 0.331. The highest BCUT2D eigenvalue weighted by atomic mass is 32.2. The molecule has 0 aliphatic carbocycles. The minimum atomic E-state index is -4.40. The van der Waals surface area contributed by atoms with Crippen LogP contribution in [0.2, 0.25) is 0 Å². The molecule has 0 saturated carbocycles. The largest absolute Gasteiger partial charge is 0.478 e. The fraction of sp³-hybridized carbons (Fsp3) is 0.167. The minimum Gasteiger partial charge on any atom is -0.478 e. The number of alkyl halides is 3. The van der Waals surface area contributed by atoms with Crippen molar-refractivity contribution in [3.63, 3.8) is 0 Å². The van der Waals surface area contributed by atoms with Crippen molar-refractivity contribution >= 4 is 23.7 Å². The molecule has 166 valence electrons. The Morgan fingerprint density at radius 3 is 2.12 bits per heavy atom. The summed E-state index contributed by atoms with van der Waals surface area (Å²) in [6.07, 6.45) is -4.37. The highest BCUT2D eigenvalue weighted by molar-refractivity contribution is 7.98. The standard InChI is InChI=1S/C24H19F3O4S/c25-24(26,27)19-9-5-17(6-10-19)14-31-22(28)13-16-7-11-20(12-8-16)32-15-18-3-1-2-4-21(18)23(29)30/h1-12H,13-15H2,(H,29,30). The van der Waals surface area contributed by atoms with Crippen LogP contribution in [0.5, 0.6) is 0 Å². The van der Waals surface area contributed by atoms with Gasteiger partial charge in [-0.25, -0.2) is 4.79 Å². The Kier molecular flexibility index (Phi) is 7.58. The van der Waals surface area contributed by atoms with Gasteiger partial charge in [0.1, 0.15) is 6.61 Å². The Bertz CT molecular complexity index is 1080. The Morgan fingerprint density at radius 1 is 0.875 bits per heavy atom. The van der Waals surface area contributed by atoms with Crippen molar-refractivity contribution in [2.75, 3.05) is 0 Å². The van der Waals surface area contributed by atoms with Gasteiger partial charge in [0.05, 0.1) is 17.5 Å². The second kappa shape index (κ2) is 10.4. The van der Waals surface area contributed by atoms with Crippen LogP contribution in [0.25, 0.3) is 0 Å². The van der Waals surface area contributed by atoms with E-state index < -0.39 is 23.7 Å². The van der Waals surface area contributed by atoms with Gasteiger partial charge in [0.25, 0.3) is 0 Å². The predicted molar refractivity (Wildman–Crippen MR) is 114 cm³/mol. The van der Waals surface area contributed by atoms with E-state index in [0.29, 0.717) is 11.3 Å². The summed E-state index contributed by atoms with van der Waals surface area (Å²) in [7, 11) is 0. The minimum absolute atomic E-state index is 0.0351. The zero-order valence-electron chi connectivity index (χ0n) is 16.8. The lowest BCUT2D eigenvalue weighted by Gasteiger charge is -2.09.